The highest BCUT2D eigenvalue weighted by Crippen LogP contribution is 2.23. The van der Waals surface area contributed by atoms with Crippen LogP contribution in [0, 0.1) is 5.92 Å². The molecule has 0 aromatic carbocycles. The third-order valence-electron chi connectivity index (χ3n) is 4.72. The van der Waals surface area contributed by atoms with E-state index in [1.165, 1.54) is 6.20 Å². The first kappa shape index (κ1) is 19.1. The number of amides is 1. The second-order valence-corrected chi connectivity index (χ2v) is 6.83. The molecule has 1 aromatic rings. The maximum atomic E-state index is 12.2. The molecule has 1 saturated carbocycles. The van der Waals surface area contributed by atoms with Crippen molar-refractivity contribution >= 4 is 23.7 Å². The number of nitrogens with one attached hydrogen (secondary N) is 1. The van der Waals surface area contributed by atoms with Gasteiger partial charge in [-0.1, -0.05) is 0 Å². The van der Waals surface area contributed by atoms with Crippen LogP contribution in [-0.2, 0) is 19.1 Å². The highest BCUT2D eigenvalue weighted by molar-refractivity contribution is 5.91. The summed E-state index contributed by atoms with van der Waals surface area (Å²) in [7, 11) is 0. The number of aromatic nitrogens is 1. The zero-order chi connectivity index (χ0) is 19.2. The monoisotopic (exact) mass is 375 g/mol. The van der Waals surface area contributed by atoms with Crippen molar-refractivity contribution < 1.29 is 23.9 Å². The predicted molar refractivity (Wildman–Crippen MR) is 97.1 cm³/mol. The van der Waals surface area contributed by atoms with Gasteiger partial charge in [0.15, 0.2) is 6.61 Å². The van der Waals surface area contributed by atoms with Crippen LogP contribution in [0.25, 0.3) is 0 Å². The summed E-state index contributed by atoms with van der Waals surface area (Å²) in [6.07, 6.45) is 4.87. The second kappa shape index (κ2) is 8.83. The molecule has 0 atom stereocenters. The summed E-state index contributed by atoms with van der Waals surface area (Å²) in [5.41, 5.74) is 0.310. The topological polar surface area (TPSA) is 97.8 Å². The van der Waals surface area contributed by atoms with Crippen molar-refractivity contribution in [3.8, 4) is 0 Å². The van der Waals surface area contributed by atoms with Gasteiger partial charge < -0.3 is 19.7 Å². The van der Waals surface area contributed by atoms with Gasteiger partial charge in [0.1, 0.15) is 5.82 Å². The predicted octanol–water partition coefficient (Wildman–Crippen LogP) is 1.61. The van der Waals surface area contributed by atoms with Crippen LogP contribution in [-0.4, -0.2) is 60.1 Å². The minimum absolute atomic E-state index is 0.162. The Balaban J connectivity index is 1.40. The lowest BCUT2D eigenvalue weighted by Gasteiger charge is -2.30. The largest absolute Gasteiger partial charge is 0.466 e. The SMILES string of the molecule is CCOC(=O)C1CCN(C(=O)COC(=O)c2ccc(NC3CC3)nc2)CC1. The third kappa shape index (κ3) is 5.42. The van der Waals surface area contributed by atoms with Crippen LogP contribution >= 0.6 is 0 Å². The van der Waals surface area contributed by atoms with Crippen LogP contribution in [0.15, 0.2) is 18.3 Å². The molecule has 1 amide bonds. The summed E-state index contributed by atoms with van der Waals surface area (Å²) in [5, 5.41) is 3.24. The summed E-state index contributed by atoms with van der Waals surface area (Å²) in [5.74, 6) is -0.469. The Morgan fingerprint density at radius 3 is 2.48 bits per heavy atom. The first-order valence-corrected chi connectivity index (χ1v) is 9.41. The molecule has 2 fully saturated rings. The van der Waals surface area contributed by atoms with Gasteiger partial charge in [-0.2, -0.15) is 0 Å². The molecule has 2 heterocycles. The van der Waals surface area contributed by atoms with Crippen LogP contribution in [0.1, 0.15) is 43.0 Å². The fraction of sp³-hybridized carbons (Fsp3) is 0.579. The average Bonchev–Trinajstić information content (AvgIpc) is 3.51. The van der Waals surface area contributed by atoms with Crippen molar-refractivity contribution in [2.24, 2.45) is 5.92 Å². The number of anilines is 1. The van der Waals surface area contributed by atoms with Crippen LogP contribution in [0.4, 0.5) is 5.82 Å². The van der Waals surface area contributed by atoms with Crippen molar-refractivity contribution in [2.75, 3.05) is 31.6 Å². The summed E-state index contributed by atoms with van der Waals surface area (Å²) in [6, 6.07) is 3.85. The van der Waals surface area contributed by atoms with Gasteiger partial charge in [0.25, 0.3) is 5.91 Å². The van der Waals surface area contributed by atoms with E-state index in [1.54, 1.807) is 24.0 Å². The van der Waals surface area contributed by atoms with Crippen LogP contribution in [0.3, 0.4) is 0 Å². The zero-order valence-corrected chi connectivity index (χ0v) is 15.5. The van der Waals surface area contributed by atoms with Crippen molar-refractivity contribution in [3.05, 3.63) is 23.9 Å². The number of carbonyl (C=O) groups excluding carboxylic acids is 3. The Bertz CT molecular complexity index is 679. The van der Waals surface area contributed by atoms with Gasteiger partial charge in [0.05, 0.1) is 18.1 Å². The molecule has 0 radical (unpaired) electrons. The van der Waals surface area contributed by atoms with E-state index in [2.05, 4.69) is 10.3 Å². The van der Waals surface area contributed by atoms with E-state index in [4.69, 9.17) is 9.47 Å². The van der Waals surface area contributed by atoms with Crippen LogP contribution in [0.2, 0.25) is 0 Å². The fourth-order valence-corrected chi connectivity index (χ4v) is 2.96. The minimum Gasteiger partial charge on any atom is -0.466 e. The summed E-state index contributed by atoms with van der Waals surface area (Å²) in [6.45, 7) is 2.74. The Morgan fingerprint density at radius 1 is 1.15 bits per heavy atom. The molecule has 8 heteroatoms. The highest BCUT2D eigenvalue weighted by atomic mass is 16.5. The molecular weight excluding hydrogens is 350 g/mol. The Hall–Kier alpha value is -2.64. The molecule has 0 bridgehead atoms. The van der Waals surface area contributed by atoms with Crippen LogP contribution < -0.4 is 5.32 Å². The maximum absolute atomic E-state index is 12.2. The van der Waals surface area contributed by atoms with Crippen molar-refractivity contribution in [2.45, 2.75) is 38.6 Å². The molecule has 3 rings (SSSR count). The van der Waals surface area contributed by atoms with Crippen LogP contribution in [0.5, 0.6) is 0 Å². The normalized spacial score (nSPS) is 17.3. The van der Waals surface area contributed by atoms with Gasteiger partial charge in [-0.3, -0.25) is 9.59 Å². The van der Waals surface area contributed by atoms with E-state index in [9.17, 15) is 14.4 Å². The number of ether oxygens (including phenoxy) is 2. The molecule has 146 valence electrons. The van der Waals surface area contributed by atoms with Gasteiger partial charge in [-0.25, -0.2) is 9.78 Å². The Labute approximate surface area is 158 Å². The number of pyridine rings is 1. The number of hydrogen-bond donors (Lipinski definition) is 1. The van der Waals surface area contributed by atoms with E-state index in [1.807, 2.05) is 0 Å². The molecule has 0 spiro atoms. The molecule has 8 nitrogen and oxygen atoms in total. The average molecular weight is 375 g/mol. The standard InChI is InChI=1S/C19H25N3O5/c1-2-26-18(24)13-7-9-22(10-8-13)17(23)12-27-19(25)14-3-6-16(20-11-14)21-15-4-5-15/h3,6,11,13,15H,2,4-5,7-10,12H2,1H3,(H,20,21). The number of rotatable bonds is 7. The van der Waals surface area contributed by atoms with Crippen molar-refractivity contribution in [1.82, 2.24) is 9.88 Å². The van der Waals surface area contributed by atoms with Gasteiger partial charge in [-0.05, 0) is 44.7 Å². The number of piperidine rings is 1. The van der Waals surface area contributed by atoms with E-state index in [0.29, 0.717) is 44.1 Å². The van der Waals surface area contributed by atoms with Gasteiger partial charge in [0, 0.05) is 25.3 Å². The number of esters is 2. The summed E-state index contributed by atoms with van der Waals surface area (Å²) < 4.78 is 10.1. The molecular formula is C19H25N3O5. The fourth-order valence-electron chi connectivity index (χ4n) is 2.96. The Morgan fingerprint density at radius 2 is 1.89 bits per heavy atom. The molecule has 2 aliphatic rings. The molecule has 1 aliphatic heterocycles. The lowest BCUT2D eigenvalue weighted by atomic mass is 9.97. The lowest BCUT2D eigenvalue weighted by Crippen LogP contribution is -2.42. The lowest BCUT2D eigenvalue weighted by molar-refractivity contribution is -0.151. The quantitative estimate of drug-likeness (QED) is 0.723. The Kier molecular flexibility index (Phi) is 6.26. The molecule has 1 N–H and O–H groups in total. The number of carbonyl (C=O) groups is 3. The summed E-state index contributed by atoms with van der Waals surface area (Å²) >= 11 is 0. The first-order valence-electron chi connectivity index (χ1n) is 9.41. The van der Waals surface area contributed by atoms with Crippen molar-refractivity contribution in [1.29, 1.82) is 0 Å². The number of likely N-dealkylation sites (tertiary alicyclic amines) is 1. The number of hydrogen-bond acceptors (Lipinski definition) is 7. The highest BCUT2D eigenvalue weighted by Gasteiger charge is 2.28. The smallest absolute Gasteiger partial charge is 0.340 e. The summed E-state index contributed by atoms with van der Waals surface area (Å²) in [4.78, 5) is 41.8. The molecule has 1 aliphatic carbocycles. The van der Waals surface area contributed by atoms with E-state index < -0.39 is 5.97 Å². The minimum atomic E-state index is -0.574. The van der Waals surface area contributed by atoms with Crippen molar-refractivity contribution in [3.63, 3.8) is 0 Å². The zero-order valence-electron chi connectivity index (χ0n) is 15.5. The maximum Gasteiger partial charge on any atom is 0.340 e. The molecule has 27 heavy (non-hydrogen) atoms. The molecule has 0 unspecified atom stereocenters. The molecule has 1 saturated heterocycles. The van der Waals surface area contributed by atoms with Gasteiger partial charge >= 0.3 is 11.9 Å². The second-order valence-electron chi connectivity index (χ2n) is 6.83. The van der Waals surface area contributed by atoms with Gasteiger partial charge in [0.2, 0.25) is 0 Å². The van der Waals surface area contributed by atoms with E-state index >= 15 is 0 Å². The van der Waals surface area contributed by atoms with Gasteiger partial charge in [-0.15, -0.1) is 0 Å². The third-order valence-corrected chi connectivity index (χ3v) is 4.72. The van der Waals surface area contributed by atoms with E-state index in [0.717, 1.165) is 18.7 Å². The molecule has 1 aromatic heterocycles. The number of nitrogens with zero attached hydrogens (tertiary/aromatic N) is 2. The first-order chi connectivity index (χ1) is 13.1. The van der Waals surface area contributed by atoms with E-state index in [-0.39, 0.29) is 24.4 Å².